The van der Waals surface area contributed by atoms with Crippen molar-refractivity contribution >= 4 is 13.8 Å². The van der Waals surface area contributed by atoms with Crippen LogP contribution in [0.15, 0.2) is 30.9 Å². The molecule has 0 spiro atoms. The Labute approximate surface area is 103 Å². The maximum Gasteiger partial charge on any atom is 0.129 e. The maximum atomic E-state index is 4.20. The summed E-state index contributed by atoms with van der Waals surface area (Å²) in [6.07, 6.45) is 7.31. The van der Waals surface area contributed by atoms with Crippen molar-refractivity contribution in [2.45, 2.75) is 19.6 Å². The largest absolute Gasteiger partial charge is 0.309 e. The highest BCUT2D eigenvalue weighted by atomic mass is 28.3. The van der Waals surface area contributed by atoms with Gasteiger partial charge in [0.2, 0.25) is 0 Å². The van der Waals surface area contributed by atoms with Crippen LogP contribution in [-0.4, -0.2) is 13.1 Å². The minimum atomic E-state index is -1.33. The first kappa shape index (κ1) is 11.7. The molecule has 0 atom stereocenters. The second kappa shape index (κ2) is 4.61. The maximum absolute atomic E-state index is 4.20. The quantitative estimate of drug-likeness (QED) is 0.582. The predicted molar refractivity (Wildman–Crippen MR) is 72.4 cm³/mol. The number of anilines is 1. The molecule has 0 fully saturated rings. The molecule has 1 aromatic rings. The van der Waals surface area contributed by atoms with Crippen molar-refractivity contribution in [2.24, 2.45) is 0 Å². The lowest BCUT2D eigenvalue weighted by Gasteiger charge is -2.14. The van der Waals surface area contributed by atoms with Crippen LogP contribution in [0.5, 0.6) is 0 Å². The second-order valence-electron chi connectivity index (χ2n) is 4.87. The lowest BCUT2D eigenvalue weighted by Crippen LogP contribution is -2.35. The van der Waals surface area contributed by atoms with E-state index in [0.29, 0.717) is 0 Å². The van der Waals surface area contributed by atoms with Gasteiger partial charge >= 0.3 is 0 Å². The minimum absolute atomic E-state index is 0.951. The van der Waals surface area contributed by atoms with Crippen LogP contribution in [0.1, 0.15) is 5.56 Å². The van der Waals surface area contributed by atoms with E-state index < -0.39 is 8.07 Å². The van der Waals surface area contributed by atoms with E-state index in [1.165, 1.54) is 0 Å². The van der Waals surface area contributed by atoms with Crippen LogP contribution in [0.25, 0.3) is 0 Å². The van der Waals surface area contributed by atoms with Crippen molar-refractivity contribution < 1.29 is 0 Å². The molecule has 2 heterocycles. The summed E-state index contributed by atoms with van der Waals surface area (Å²) in [6, 6.07) is 2.02. The molecule has 2 rings (SSSR count). The van der Waals surface area contributed by atoms with Crippen LogP contribution in [0.4, 0.5) is 5.69 Å². The third-order valence-electron chi connectivity index (χ3n) is 2.08. The van der Waals surface area contributed by atoms with Crippen LogP contribution in [-0.2, 0) is 0 Å². The van der Waals surface area contributed by atoms with Gasteiger partial charge in [0, 0.05) is 24.2 Å². The fourth-order valence-electron chi connectivity index (χ4n) is 1.29. The highest BCUT2D eigenvalue weighted by Gasteiger charge is 2.09. The van der Waals surface area contributed by atoms with E-state index in [2.05, 4.69) is 47.0 Å². The molecule has 0 amide bonds. The number of hydrogen-bond donors (Lipinski definition) is 2. The number of nitrogens with zero attached hydrogens (tertiary/aromatic N) is 2. The molecule has 5 heteroatoms. The molecule has 0 saturated heterocycles. The predicted octanol–water partition coefficient (Wildman–Crippen LogP) is 1.61. The van der Waals surface area contributed by atoms with E-state index in [4.69, 9.17) is 0 Å². The molecule has 0 aromatic carbocycles. The molecule has 1 aliphatic heterocycles. The number of hydrazine groups is 2. The van der Waals surface area contributed by atoms with Gasteiger partial charge in [-0.25, -0.2) is 0 Å². The first-order valence-electron chi connectivity index (χ1n) is 5.50. The smallest absolute Gasteiger partial charge is 0.129 e. The van der Waals surface area contributed by atoms with Gasteiger partial charge in [0.25, 0.3) is 0 Å². The average Bonchev–Trinajstić information content (AvgIpc) is 2.79. The highest BCUT2D eigenvalue weighted by molar-refractivity contribution is 6.83. The zero-order valence-corrected chi connectivity index (χ0v) is 11.3. The number of nitrogens with one attached hydrogen (secondary N) is 2. The summed E-state index contributed by atoms with van der Waals surface area (Å²) >= 11 is 0. The Morgan fingerprint density at radius 3 is 2.76 bits per heavy atom. The van der Waals surface area contributed by atoms with Gasteiger partial charge < -0.3 is 5.43 Å². The fourth-order valence-corrected chi connectivity index (χ4v) is 1.81. The lowest BCUT2D eigenvalue weighted by atomic mass is 10.3. The monoisotopic (exact) mass is 244 g/mol. The summed E-state index contributed by atoms with van der Waals surface area (Å²) in [7, 11) is -1.33. The van der Waals surface area contributed by atoms with Crippen LogP contribution < -0.4 is 16.0 Å². The van der Waals surface area contributed by atoms with Gasteiger partial charge in [-0.1, -0.05) is 25.6 Å². The molecule has 1 aromatic heterocycles. The first-order chi connectivity index (χ1) is 8.04. The molecule has 88 valence electrons. The zero-order valence-electron chi connectivity index (χ0n) is 10.3. The van der Waals surface area contributed by atoms with Crippen LogP contribution >= 0.6 is 0 Å². The van der Waals surface area contributed by atoms with Crippen molar-refractivity contribution in [1.29, 1.82) is 0 Å². The number of rotatable bonds is 1. The normalized spacial score (nSPS) is 14.2. The van der Waals surface area contributed by atoms with Crippen LogP contribution in [0.3, 0.4) is 0 Å². The second-order valence-corrected chi connectivity index (χ2v) is 9.62. The van der Waals surface area contributed by atoms with E-state index in [9.17, 15) is 0 Å². The van der Waals surface area contributed by atoms with Gasteiger partial charge in [-0.15, -0.1) is 11.1 Å². The molecule has 0 unspecified atom stereocenters. The highest BCUT2D eigenvalue weighted by Crippen LogP contribution is 2.13. The Hall–Kier alpha value is -1.77. The van der Waals surface area contributed by atoms with E-state index >= 15 is 0 Å². The zero-order chi connectivity index (χ0) is 12.3. The standard InChI is InChI=1S/C12H16N4Si/c1-17(2,3)7-4-11-8-12(10-13-9-11)16-6-5-14-15-16/h5-6,8-10,14-15H,1-3H3. The van der Waals surface area contributed by atoms with Crippen molar-refractivity contribution in [3.05, 3.63) is 36.4 Å². The molecule has 0 saturated carbocycles. The van der Waals surface area contributed by atoms with Gasteiger partial charge in [0.1, 0.15) is 8.07 Å². The van der Waals surface area contributed by atoms with Crippen molar-refractivity contribution in [3.8, 4) is 11.5 Å². The van der Waals surface area contributed by atoms with Crippen LogP contribution in [0, 0.1) is 11.5 Å². The number of aromatic nitrogens is 1. The summed E-state index contributed by atoms with van der Waals surface area (Å²) in [5.74, 6) is 3.20. The average molecular weight is 244 g/mol. The molecule has 4 nitrogen and oxygen atoms in total. The van der Waals surface area contributed by atoms with Crippen molar-refractivity contribution in [3.63, 3.8) is 0 Å². The molecule has 2 N–H and O–H groups in total. The first-order valence-corrected chi connectivity index (χ1v) is 9.00. The Morgan fingerprint density at radius 2 is 2.12 bits per heavy atom. The summed E-state index contributed by atoms with van der Waals surface area (Å²) in [6.45, 7) is 6.68. The van der Waals surface area contributed by atoms with Crippen LogP contribution in [0.2, 0.25) is 19.6 Å². The molecule has 0 aliphatic carbocycles. The molecule has 17 heavy (non-hydrogen) atoms. The summed E-state index contributed by atoms with van der Waals surface area (Å²) in [4.78, 5) is 4.20. The number of hydrogen-bond acceptors (Lipinski definition) is 4. The Bertz CT molecular complexity index is 493. The molecule has 1 aliphatic rings. The topological polar surface area (TPSA) is 40.2 Å². The lowest BCUT2D eigenvalue weighted by molar-refractivity contribution is 0.679. The van der Waals surface area contributed by atoms with Gasteiger partial charge in [-0.05, 0) is 6.07 Å². The molecular weight excluding hydrogens is 228 g/mol. The molecular formula is C12H16N4Si. The summed E-state index contributed by atoms with van der Waals surface area (Å²) in [5.41, 5.74) is 11.1. The third kappa shape index (κ3) is 3.34. The third-order valence-corrected chi connectivity index (χ3v) is 2.95. The minimum Gasteiger partial charge on any atom is -0.309 e. The molecule has 0 radical (unpaired) electrons. The molecule has 0 bridgehead atoms. The number of pyridine rings is 1. The fraction of sp³-hybridized carbons (Fsp3) is 0.250. The van der Waals surface area contributed by atoms with Gasteiger partial charge in [0.05, 0.1) is 11.9 Å². The Kier molecular flexibility index (Phi) is 3.18. The summed E-state index contributed by atoms with van der Waals surface area (Å²) < 4.78 is 0. The Balaban J connectivity index is 2.22. The Morgan fingerprint density at radius 1 is 1.29 bits per heavy atom. The van der Waals surface area contributed by atoms with E-state index in [1.807, 2.05) is 23.5 Å². The van der Waals surface area contributed by atoms with E-state index in [-0.39, 0.29) is 0 Å². The summed E-state index contributed by atoms with van der Waals surface area (Å²) in [5, 5.41) is 1.85. The van der Waals surface area contributed by atoms with Crippen molar-refractivity contribution in [1.82, 2.24) is 15.9 Å². The van der Waals surface area contributed by atoms with Gasteiger partial charge in [-0.3, -0.25) is 9.99 Å². The SMILES string of the molecule is C[Si](C)(C)C#Cc1cncc(N2C=CNN2)c1. The van der Waals surface area contributed by atoms with E-state index in [0.717, 1.165) is 11.3 Å². The van der Waals surface area contributed by atoms with E-state index in [1.54, 1.807) is 12.4 Å². The van der Waals surface area contributed by atoms with Gasteiger partial charge in [0.15, 0.2) is 0 Å². The van der Waals surface area contributed by atoms with Crippen molar-refractivity contribution in [2.75, 3.05) is 5.01 Å². The van der Waals surface area contributed by atoms with Gasteiger partial charge in [-0.2, -0.15) is 0 Å².